The molecule has 8 nitrogen and oxygen atoms in total. The average molecular weight is 478 g/mol. The Kier molecular flexibility index (Phi) is 5.64. The highest BCUT2D eigenvalue weighted by molar-refractivity contribution is 7.16. The van der Waals surface area contributed by atoms with Crippen LogP contribution in [0.1, 0.15) is 45.5 Å². The molecule has 1 saturated heterocycles. The number of rotatable bonds is 7. The zero-order valence-corrected chi connectivity index (χ0v) is 21.2. The number of aliphatic hydroxyl groups excluding tert-OH is 1. The van der Waals surface area contributed by atoms with Gasteiger partial charge in [-0.25, -0.2) is 9.78 Å². The smallest absolute Gasteiger partial charge is 0.352 e. The molecule has 1 fully saturated rings. The topological polar surface area (TPSA) is 104 Å². The maximum absolute atomic E-state index is 12.5. The van der Waals surface area contributed by atoms with Crippen molar-refractivity contribution in [1.82, 2.24) is 14.3 Å². The molecule has 0 bridgehead atoms. The summed E-state index contributed by atoms with van der Waals surface area (Å²) in [4.78, 5) is 31.4. The van der Waals surface area contributed by atoms with E-state index in [2.05, 4.69) is 38.8 Å². The van der Waals surface area contributed by atoms with Crippen LogP contribution in [0.4, 0.5) is 0 Å². The van der Waals surface area contributed by atoms with E-state index in [9.17, 15) is 19.8 Å². The van der Waals surface area contributed by atoms with E-state index in [4.69, 9.17) is 4.43 Å². The van der Waals surface area contributed by atoms with Gasteiger partial charge in [-0.15, -0.1) is 11.3 Å². The Morgan fingerprint density at radius 3 is 2.69 bits per heavy atom. The van der Waals surface area contributed by atoms with Crippen LogP contribution < -0.4 is 0 Å². The first-order valence-corrected chi connectivity index (χ1v) is 14.7. The minimum absolute atomic E-state index is 0.0214. The summed E-state index contributed by atoms with van der Waals surface area (Å²) < 4.78 is 8.21. The van der Waals surface area contributed by atoms with E-state index < -0.39 is 26.3 Å². The van der Waals surface area contributed by atoms with E-state index in [0.717, 1.165) is 16.2 Å². The predicted octanol–water partition coefficient (Wildman–Crippen LogP) is 3.37. The number of carbonyl (C=O) groups is 2. The molecule has 0 spiro atoms. The number of carbonyl (C=O) groups excluding carboxylic acids is 1. The lowest BCUT2D eigenvalue weighted by Gasteiger charge is -2.44. The molecule has 10 heteroatoms. The van der Waals surface area contributed by atoms with Crippen LogP contribution in [0.2, 0.25) is 18.1 Å². The Bertz CT molecular complexity index is 1110. The van der Waals surface area contributed by atoms with Gasteiger partial charge in [0.05, 0.1) is 29.5 Å². The number of carboxylic acids is 1. The highest BCUT2D eigenvalue weighted by atomic mass is 32.1. The second-order valence-corrected chi connectivity index (χ2v) is 15.9. The molecule has 2 aliphatic heterocycles. The summed E-state index contributed by atoms with van der Waals surface area (Å²) in [5.41, 5.74) is 2.31. The number of hydrogen-bond donors (Lipinski definition) is 2. The van der Waals surface area contributed by atoms with Gasteiger partial charge in [-0.2, -0.15) is 0 Å². The second kappa shape index (κ2) is 7.79. The summed E-state index contributed by atoms with van der Waals surface area (Å²) in [7, 11) is -1.84. The second-order valence-electron chi connectivity index (χ2n) is 10.2. The molecule has 2 aromatic rings. The predicted molar refractivity (Wildman–Crippen MR) is 125 cm³/mol. The van der Waals surface area contributed by atoms with Gasteiger partial charge < -0.3 is 19.5 Å². The minimum atomic E-state index is -1.84. The minimum Gasteiger partial charge on any atom is -0.477 e. The van der Waals surface area contributed by atoms with Gasteiger partial charge in [0.15, 0.2) is 8.32 Å². The Morgan fingerprint density at radius 1 is 1.41 bits per heavy atom. The number of imidazole rings is 1. The standard InChI is InChI=1S/C22H31N3O5SSi/c1-12(26)17-15-9-13(18(21(28)29)25(15)19(17)27)16-10-31-20-14(23-11-24(16)20)7-8-30-32(5,6)22(2,3)4/h10-12,15,17,26H,7-9H2,1-6H3,(H,28,29)/t12-,15-,17-/m1/s1. The number of hydrogen-bond acceptors (Lipinski definition) is 6. The van der Waals surface area contributed by atoms with Crippen LogP contribution in [-0.4, -0.2) is 63.4 Å². The monoisotopic (exact) mass is 477 g/mol. The van der Waals surface area contributed by atoms with Crippen molar-refractivity contribution >= 4 is 41.9 Å². The van der Waals surface area contributed by atoms with Crippen LogP contribution in [0.15, 0.2) is 17.4 Å². The molecule has 2 N–H and O–H groups in total. The number of nitrogens with zero attached hydrogens (tertiary/aromatic N) is 3. The quantitative estimate of drug-likeness (QED) is 0.468. The molecular formula is C22H31N3O5SSi. The first-order valence-electron chi connectivity index (χ1n) is 10.9. The van der Waals surface area contributed by atoms with Gasteiger partial charge >= 0.3 is 5.97 Å². The molecule has 0 aliphatic carbocycles. The number of aliphatic hydroxyl groups is 1. The molecule has 0 saturated carbocycles. The van der Waals surface area contributed by atoms with E-state index in [1.165, 1.54) is 16.2 Å². The van der Waals surface area contributed by atoms with E-state index in [0.29, 0.717) is 25.0 Å². The van der Waals surface area contributed by atoms with E-state index in [-0.39, 0.29) is 22.7 Å². The zero-order chi connectivity index (χ0) is 23.6. The van der Waals surface area contributed by atoms with E-state index >= 15 is 0 Å². The van der Waals surface area contributed by atoms with Crippen molar-refractivity contribution in [2.24, 2.45) is 5.92 Å². The van der Waals surface area contributed by atoms with E-state index in [1.807, 2.05) is 9.78 Å². The van der Waals surface area contributed by atoms with Crippen LogP contribution >= 0.6 is 11.3 Å². The van der Waals surface area contributed by atoms with Crippen molar-refractivity contribution in [3.8, 4) is 0 Å². The number of fused-ring (bicyclic) bond motifs is 2. The molecule has 2 aromatic heterocycles. The highest BCUT2D eigenvalue weighted by Gasteiger charge is 2.57. The molecule has 174 valence electrons. The zero-order valence-electron chi connectivity index (χ0n) is 19.4. The van der Waals surface area contributed by atoms with Crippen LogP contribution in [0.25, 0.3) is 10.4 Å². The summed E-state index contributed by atoms with van der Waals surface area (Å²) in [5.74, 6) is -2.00. The summed E-state index contributed by atoms with van der Waals surface area (Å²) in [6, 6.07) is -0.306. The maximum Gasteiger partial charge on any atom is 0.352 e. The third-order valence-electron chi connectivity index (χ3n) is 7.18. The SMILES string of the molecule is C[C@@H](O)[C@H]1C(=O)N2C(C(=O)O)=C(c3csc4c(CCO[Si](C)(C)C(C)(C)C)ncn34)C[C@H]12. The first kappa shape index (κ1) is 23.2. The molecule has 0 radical (unpaired) electrons. The van der Waals surface area contributed by atoms with Crippen molar-refractivity contribution in [2.75, 3.05) is 6.61 Å². The van der Waals surface area contributed by atoms with Gasteiger partial charge in [0.1, 0.15) is 16.9 Å². The van der Waals surface area contributed by atoms with Crippen molar-refractivity contribution in [2.45, 2.75) is 70.8 Å². The molecule has 2 aliphatic rings. The van der Waals surface area contributed by atoms with Gasteiger partial charge in [-0.3, -0.25) is 9.20 Å². The lowest BCUT2D eigenvalue weighted by Crippen LogP contribution is -2.61. The number of thiazole rings is 1. The Morgan fingerprint density at radius 2 is 2.09 bits per heavy atom. The largest absolute Gasteiger partial charge is 0.477 e. The Hall–Kier alpha value is -2.01. The van der Waals surface area contributed by atoms with Crippen LogP contribution in [0.5, 0.6) is 0 Å². The fourth-order valence-corrected chi connectivity index (χ4v) is 6.42. The molecule has 0 unspecified atom stereocenters. The number of β-lactam (4-membered cyclic amide) rings is 1. The Labute approximate surface area is 192 Å². The molecular weight excluding hydrogens is 446 g/mol. The van der Waals surface area contributed by atoms with Crippen molar-refractivity contribution in [3.63, 3.8) is 0 Å². The molecule has 4 heterocycles. The number of aliphatic carboxylic acids is 1. The first-order chi connectivity index (χ1) is 14.8. The van der Waals surface area contributed by atoms with Crippen molar-refractivity contribution in [3.05, 3.63) is 28.8 Å². The van der Waals surface area contributed by atoms with Crippen LogP contribution in [-0.2, 0) is 20.4 Å². The summed E-state index contributed by atoms with van der Waals surface area (Å²) in [5, 5.41) is 21.9. The molecule has 3 atom stereocenters. The van der Waals surface area contributed by atoms with Gasteiger partial charge in [-0.05, 0) is 31.5 Å². The van der Waals surface area contributed by atoms with Gasteiger partial charge in [0.25, 0.3) is 0 Å². The normalized spacial score (nSPS) is 22.5. The summed E-state index contributed by atoms with van der Waals surface area (Å²) >= 11 is 1.52. The van der Waals surface area contributed by atoms with Gasteiger partial charge in [0.2, 0.25) is 5.91 Å². The van der Waals surface area contributed by atoms with Gasteiger partial charge in [-0.1, -0.05) is 20.8 Å². The fraction of sp³-hybridized carbons (Fsp3) is 0.591. The highest BCUT2D eigenvalue weighted by Crippen LogP contribution is 2.47. The van der Waals surface area contributed by atoms with E-state index in [1.54, 1.807) is 13.3 Å². The van der Waals surface area contributed by atoms with Crippen molar-refractivity contribution in [1.29, 1.82) is 0 Å². The van der Waals surface area contributed by atoms with Gasteiger partial charge in [0, 0.05) is 24.0 Å². The molecule has 0 aromatic carbocycles. The maximum atomic E-state index is 12.5. The fourth-order valence-electron chi connectivity index (χ4n) is 4.34. The molecule has 32 heavy (non-hydrogen) atoms. The summed E-state index contributed by atoms with van der Waals surface area (Å²) in [6.07, 6.45) is 2.02. The third kappa shape index (κ3) is 3.53. The molecule has 4 rings (SSSR count). The average Bonchev–Trinajstić information content (AvgIpc) is 3.32. The number of amides is 1. The molecule has 1 amide bonds. The Balaban J connectivity index is 1.59. The number of carboxylic acid groups (broad SMARTS) is 1. The third-order valence-corrected chi connectivity index (χ3v) is 12.7. The van der Waals surface area contributed by atoms with Crippen molar-refractivity contribution < 1.29 is 24.2 Å². The lowest BCUT2D eigenvalue weighted by molar-refractivity contribution is -0.161. The number of aromatic nitrogens is 2. The van der Waals surface area contributed by atoms with Crippen LogP contribution in [0.3, 0.4) is 0 Å². The summed E-state index contributed by atoms with van der Waals surface area (Å²) in [6.45, 7) is 13.3. The van der Waals surface area contributed by atoms with Crippen LogP contribution in [0, 0.1) is 5.92 Å². The lowest BCUT2D eigenvalue weighted by atomic mass is 9.83.